The highest BCUT2D eigenvalue weighted by Gasteiger charge is 2.57. The maximum atomic E-state index is 13.2. The minimum absolute atomic E-state index is 0.101. The number of aliphatic hydroxyl groups is 2. The number of halogens is 1. The Kier molecular flexibility index (Phi) is 2.25. The van der Waals surface area contributed by atoms with Gasteiger partial charge in [0.1, 0.15) is 11.7 Å². The van der Waals surface area contributed by atoms with Crippen molar-refractivity contribution < 1.29 is 24.1 Å². The van der Waals surface area contributed by atoms with E-state index in [0.717, 1.165) is 6.20 Å². The number of hydrogen-bond donors (Lipinski definition) is 2. The van der Waals surface area contributed by atoms with Gasteiger partial charge < -0.3 is 19.7 Å². The topological polar surface area (TPSA) is 93.8 Å². The van der Waals surface area contributed by atoms with Crippen LogP contribution in [0.5, 0.6) is 6.01 Å². The fourth-order valence-electron chi connectivity index (χ4n) is 2.21. The first kappa shape index (κ1) is 11.6. The smallest absolute Gasteiger partial charge is 0.311 e. The second-order valence-corrected chi connectivity index (χ2v) is 4.59. The van der Waals surface area contributed by atoms with Crippen molar-refractivity contribution in [2.24, 2.45) is 0 Å². The number of aliphatic hydroxyl groups excluding tert-OH is 2. The molecule has 8 heteroatoms. The standard InChI is InChI=1S/C10H11FN2O5/c1-10(3-14)6(15)5-8(18-10)13-2-4(11)7(16)12-9(13)17-5/h2,5-6,8,14-15H,3H2,1H3/t5-,6-,8+,10+/m0/s1. The highest BCUT2D eigenvalue weighted by Crippen LogP contribution is 2.43. The Morgan fingerprint density at radius 1 is 1.67 bits per heavy atom. The van der Waals surface area contributed by atoms with E-state index in [1.165, 1.54) is 11.5 Å². The number of nitrogens with zero attached hydrogens (tertiary/aromatic N) is 2. The molecule has 98 valence electrons. The van der Waals surface area contributed by atoms with Gasteiger partial charge in [-0.25, -0.2) is 0 Å². The van der Waals surface area contributed by atoms with Gasteiger partial charge in [-0.3, -0.25) is 9.36 Å². The first-order valence-electron chi connectivity index (χ1n) is 5.38. The first-order chi connectivity index (χ1) is 8.46. The summed E-state index contributed by atoms with van der Waals surface area (Å²) in [6.45, 7) is 1.11. The van der Waals surface area contributed by atoms with Crippen molar-refractivity contribution in [1.82, 2.24) is 9.55 Å². The van der Waals surface area contributed by atoms with Crippen LogP contribution in [0, 0.1) is 5.82 Å². The summed E-state index contributed by atoms with van der Waals surface area (Å²) >= 11 is 0. The summed E-state index contributed by atoms with van der Waals surface area (Å²) in [5.41, 5.74) is -2.22. The molecule has 7 nitrogen and oxygen atoms in total. The van der Waals surface area contributed by atoms with Crippen LogP contribution in [0.15, 0.2) is 11.0 Å². The van der Waals surface area contributed by atoms with Crippen LogP contribution in [-0.4, -0.2) is 44.2 Å². The molecule has 3 rings (SSSR count). The lowest BCUT2D eigenvalue weighted by molar-refractivity contribution is -0.116. The second-order valence-electron chi connectivity index (χ2n) is 4.59. The van der Waals surface area contributed by atoms with E-state index in [-0.39, 0.29) is 6.01 Å². The second kappa shape index (κ2) is 3.50. The minimum Gasteiger partial charge on any atom is -0.453 e. The molecule has 0 bridgehead atoms. The lowest BCUT2D eigenvalue weighted by atomic mass is 9.99. The molecule has 2 aliphatic heterocycles. The molecule has 2 aliphatic rings. The van der Waals surface area contributed by atoms with Crippen LogP contribution in [0.25, 0.3) is 0 Å². The normalized spacial score (nSPS) is 37.2. The molecule has 0 radical (unpaired) electrons. The highest BCUT2D eigenvalue weighted by molar-refractivity contribution is 5.13. The predicted molar refractivity (Wildman–Crippen MR) is 54.5 cm³/mol. The molecule has 1 fully saturated rings. The number of aromatic nitrogens is 2. The van der Waals surface area contributed by atoms with Crippen LogP contribution in [0.3, 0.4) is 0 Å². The average Bonchev–Trinajstić information content (AvgIpc) is 2.78. The summed E-state index contributed by atoms with van der Waals surface area (Å²) in [6, 6.07) is -0.101. The Bertz CT molecular complexity index is 562. The van der Waals surface area contributed by atoms with Gasteiger partial charge in [0.2, 0.25) is 5.82 Å². The quantitative estimate of drug-likeness (QED) is 0.656. The summed E-state index contributed by atoms with van der Waals surface area (Å²) in [6.07, 6.45) is -1.82. The summed E-state index contributed by atoms with van der Waals surface area (Å²) in [5, 5.41) is 19.2. The zero-order valence-corrected chi connectivity index (χ0v) is 9.41. The molecular weight excluding hydrogens is 247 g/mol. The van der Waals surface area contributed by atoms with Gasteiger partial charge >= 0.3 is 11.6 Å². The Labute approximate surface area is 100 Å². The van der Waals surface area contributed by atoms with E-state index in [1.54, 1.807) is 0 Å². The Morgan fingerprint density at radius 2 is 2.39 bits per heavy atom. The molecule has 2 N–H and O–H groups in total. The molecule has 0 aromatic carbocycles. The fourth-order valence-corrected chi connectivity index (χ4v) is 2.21. The maximum absolute atomic E-state index is 13.2. The number of rotatable bonds is 1. The zero-order chi connectivity index (χ0) is 13.1. The molecule has 18 heavy (non-hydrogen) atoms. The lowest BCUT2D eigenvalue weighted by Gasteiger charge is -2.26. The van der Waals surface area contributed by atoms with Crippen LogP contribution in [-0.2, 0) is 4.74 Å². The summed E-state index contributed by atoms with van der Waals surface area (Å²) < 4.78 is 25.1. The van der Waals surface area contributed by atoms with Gasteiger partial charge in [0.05, 0.1) is 12.8 Å². The van der Waals surface area contributed by atoms with E-state index in [4.69, 9.17) is 9.47 Å². The molecule has 1 aromatic heterocycles. The highest BCUT2D eigenvalue weighted by atomic mass is 19.1. The largest absolute Gasteiger partial charge is 0.453 e. The van der Waals surface area contributed by atoms with Crippen molar-refractivity contribution in [2.75, 3.05) is 6.61 Å². The van der Waals surface area contributed by atoms with Gasteiger partial charge in [0, 0.05) is 0 Å². The fraction of sp³-hybridized carbons (Fsp3) is 0.600. The average molecular weight is 258 g/mol. The number of ether oxygens (including phenoxy) is 2. The van der Waals surface area contributed by atoms with Crippen molar-refractivity contribution in [2.45, 2.75) is 31.0 Å². The Morgan fingerprint density at radius 3 is 3.06 bits per heavy atom. The molecule has 0 amide bonds. The predicted octanol–water partition coefficient (Wildman–Crippen LogP) is -1.22. The van der Waals surface area contributed by atoms with Crippen LogP contribution < -0.4 is 10.3 Å². The SMILES string of the molecule is C[C@]1(CO)O[C@@H]2[C@@H](Oc3nc(=O)c(F)cn32)[C@@H]1O. The molecular formula is C10H11FN2O5. The van der Waals surface area contributed by atoms with Crippen molar-refractivity contribution in [3.63, 3.8) is 0 Å². The third kappa shape index (κ3) is 1.33. The molecule has 0 spiro atoms. The summed E-state index contributed by atoms with van der Waals surface area (Å²) in [7, 11) is 0. The number of hydrogen-bond acceptors (Lipinski definition) is 6. The minimum atomic E-state index is -1.19. The monoisotopic (exact) mass is 258 g/mol. The van der Waals surface area contributed by atoms with Crippen molar-refractivity contribution in [3.05, 3.63) is 22.4 Å². The van der Waals surface area contributed by atoms with Crippen LogP contribution in [0.2, 0.25) is 0 Å². The van der Waals surface area contributed by atoms with Crippen molar-refractivity contribution >= 4 is 0 Å². The van der Waals surface area contributed by atoms with Crippen molar-refractivity contribution in [1.29, 1.82) is 0 Å². The number of fused-ring (bicyclic) bond motifs is 3. The molecule has 0 aliphatic carbocycles. The van der Waals surface area contributed by atoms with E-state index in [1.807, 2.05) is 0 Å². The first-order valence-corrected chi connectivity index (χ1v) is 5.38. The molecule has 1 saturated heterocycles. The maximum Gasteiger partial charge on any atom is 0.311 e. The van der Waals surface area contributed by atoms with Gasteiger partial charge in [-0.2, -0.15) is 9.37 Å². The lowest BCUT2D eigenvalue weighted by Crippen LogP contribution is -2.44. The Hall–Kier alpha value is -1.51. The summed E-state index contributed by atoms with van der Waals surface area (Å²) in [4.78, 5) is 14.4. The Balaban J connectivity index is 2.05. The third-order valence-corrected chi connectivity index (χ3v) is 3.31. The van der Waals surface area contributed by atoms with Gasteiger partial charge in [-0.05, 0) is 6.92 Å². The van der Waals surface area contributed by atoms with E-state index in [0.29, 0.717) is 0 Å². The van der Waals surface area contributed by atoms with Gasteiger partial charge in [-0.1, -0.05) is 0 Å². The van der Waals surface area contributed by atoms with E-state index < -0.39 is 42.0 Å². The molecule has 4 atom stereocenters. The van der Waals surface area contributed by atoms with Crippen LogP contribution in [0.1, 0.15) is 13.2 Å². The van der Waals surface area contributed by atoms with Gasteiger partial charge in [0.15, 0.2) is 12.3 Å². The zero-order valence-electron chi connectivity index (χ0n) is 9.41. The molecule has 3 heterocycles. The van der Waals surface area contributed by atoms with E-state index >= 15 is 0 Å². The molecule has 1 aromatic rings. The van der Waals surface area contributed by atoms with Crippen LogP contribution >= 0.6 is 0 Å². The third-order valence-electron chi connectivity index (χ3n) is 3.31. The van der Waals surface area contributed by atoms with Crippen LogP contribution in [0.4, 0.5) is 4.39 Å². The van der Waals surface area contributed by atoms with Gasteiger partial charge in [-0.15, -0.1) is 0 Å². The van der Waals surface area contributed by atoms with E-state index in [9.17, 15) is 19.4 Å². The molecule has 0 unspecified atom stereocenters. The summed E-state index contributed by atoms with van der Waals surface area (Å²) in [5.74, 6) is -1.03. The van der Waals surface area contributed by atoms with E-state index in [2.05, 4.69) is 4.98 Å². The van der Waals surface area contributed by atoms with Gasteiger partial charge in [0.25, 0.3) is 0 Å². The molecule has 0 saturated carbocycles. The van der Waals surface area contributed by atoms with Crippen molar-refractivity contribution in [3.8, 4) is 6.01 Å².